The van der Waals surface area contributed by atoms with Crippen LogP contribution in [-0.4, -0.2) is 77.3 Å². The average molecular weight is 545 g/mol. The Labute approximate surface area is 232 Å². The molecule has 0 saturated carbocycles. The van der Waals surface area contributed by atoms with Crippen molar-refractivity contribution in [3.63, 3.8) is 0 Å². The maximum Gasteiger partial charge on any atom is 0.187 e. The summed E-state index contributed by atoms with van der Waals surface area (Å²) in [4.78, 5) is 28.0. The van der Waals surface area contributed by atoms with Gasteiger partial charge >= 0.3 is 0 Å². The lowest BCUT2D eigenvalue weighted by Crippen LogP contribution is -2.37. The van der Waals surface area contributed by atoms with Crippen molar-refractivity contribution in [2.24, 2.45) is 0 Å². The summed E-state index contributed by atoms with van der Waals surface area (Å²) in [6, 6.07) is 12.3. The molecule has 0 bridgehead atoms. The van der Waals surface area contributed by atoms with Gasteiger partial charge in [-0.3, -0.25) is 24.6 Å². The standard InChI is InChI=1S/C30H32N4O6/c1-37-23-5-7-32-27(17-23)28(36)16-22-3-4-24(19-33-22)40-29-6-8-31-26-18-30(21(20-35)15-25(26)29)39-12-2-9-34-10-13-38-14-11-34/h3-8,15,17-19,35H,2,9-14,16,20H2,1H3. The second-order valence-electron chi connectivity index (χ2n) is 9.37. The van der Waals surface area contributed by atoms with Crippen molar-refractivity contribution < 1.29 is 28.8 Å². The normalized spacial score (nSPS) is 13.8. The third kappa shape index (κ3) is 6.90. The van der Waals surface area contributed by atoms with Crippen molar-refractivity contribution in [2.45, 2.75) is 19.4 Å². The number of carbonyl (C=O) groups is 1. The topological polar surface area (TPSA) is 116 Å². The van der Waals surface area contributed by atoms with Crippen LogP contribution in [0.15, 0.2) is 61.1 Å². The molecule has 0 radical (unpaired) electrons. The highest BCUT2D eigenvalue weighted by molar-refractivity contribution is 5.95. The van der Waals surface area contributed by atoms with Gasteiger partial charge < -0.3 is 24.1 Å². The summed E-state index contributed by atoms with van der Waals surface area (Å²) in [6.07, 6.45) is 5.77. The summed E-state index contributed by atoms with van der Waals surface area (Å²) in [5.74, 6) is 2.12. The van der Waals surface area contributed by atoms with Gasteiger partial charge in [-0.2, -0.15) is 0 Å². The third-order valence-corrected chi connectivity index (χ3v) is 6.65. The number of aromatic nitrogens is 3. The first kappa shape index (κ1) is 27.4. The molecule has 1 saturated heterocycles. The van der Waals surface area contributed by atoms with E-state index in [0.29, 0.717) is 52.1 Å². The fourth-order valence-corrected chi connectivity index (χ4v) is 4.48. The molecule has 40 heavy (non-hydrogen) atoms. The van der Waals surface area contributed by atoms with Crippen LogP contribution in [-0.2, 0) is 17.8 Å². The highest BCUT2D eigenvalue weighted by Crippen LogP contribution is 2.33. The fraction of sp³-hybridized carbons (Fsp3) is 0.333. The van der Waals surface area contributed by atoms with Crippen LogP contribution in [0, 0.1) is 0 Å². The Kier molecular flexibility index (Phi) is 9.12. The van der Waals surface area contributed by atoms with Gasteiger partial charge in [0.05, 0.1) is 51.7 Å². The van der Waals surface area contributed by atoms with Crippen LogP contribution in [0.2, 0.25) is 0 Å². The third-order valence-electron chi connectivity index (χ3n) is 6.65. The van der Waals surface area contributed by atoms with E-state index in [2.05, 4.69) is 19.9 Å². The quantitative estimate of drug-likeness (QED) is 0.208. The lowest BCUT2D eigenvalue weighted by Gasteiger charge is -2.26. The Morgan fingerprint density at radius 2 is 1.85 bits per heavy atom. The largest absolute Gasteiger partial charge is 0.497 e. The highest BCUT2D eigenvalue weighted by atomic mass is 16.5. The Bertz CT molecular complexity index is 1440. The molecule has 208 valence electrons. The number of pyridine rings is 3. The van der Waals surface area contributed by atoms with Crippen molar-refractivity contribution in [3.8, 4) is 23.0 Å². The van der Waals surface area contributed by atoms with Crippen molar-refractivity contribution in [2.75, 3.05) is 46.6 Å². The molecule has 4 aromatic rings. The number of aliphatic hydroxyl groups is 1. The van der Waals surface area contributed by atoms with Crippen molar-refractivity contribution >= 4 is 16.7 Å². The molecule has 4 heterocycles. The van der Waals surface area contributed by atoms with Gasteiger partial charge in [-0.15, -0.1) is 0 Å². The zero-order chi connectivity index (χ0) is 27.7. The number of hydrogen-bond acceptors (Lipinski definition) is 10. The first-order valence-electron chi connectivity index (χ1n) is 13.2. The number of ketones is 1. The lowest BCUT2D eigenvalue weighted by atomic mass is 10.1. The van der Waals surface area contributed by atoms with Crippen LogP contribution in [0.5, 0.6) is 23.0 Å². The molecule has 1 aliphatic heterocycles. The summed E-state index contributed by atoms with van der Waals surface area (Å²) in [6.45, 7) is 4.76. The summed E-state index contributed by atoms with van der Waals surface area (Å²) >= 11 is 0. The Morgan fingerprint density at radius 3 is 2.62 bits per heavy atom. The van der Waals surface area contributed by atoms with Crippen LogP contribution >= 0.6 is 0 Å². The second-order valence-corrected chi connectivity index (χ2v) is 9.37. The van der Waals surface area contributed by atoms with Gasteiger partial charge in [0.25, 0.3) is 0 Å². The summed E-state index contributed by atoms with van der Waals surface area (Å²) in [5.41, 5.74) is 2.28. The first-order chi connectivity index (χ1) is 19.6. The molecule has 1 aliphatic rings. The van der Waals surface area contributed by atoms with Crippen LogP contribution in [0.4, 0.5) is 0 Å². The van der Waals surface area contributed by atoms with Gasteiger partial charge in [-0.25, -0.2) is 0 Å². The molecule has 0 unspecified atom stereocenters. The zero-order valence-corrected chi connectivity index (χ0v) is 22.4. The average Bonchev–Trinajstić information content (AvgIpc) is 3.00. The summed E-state index contributed by atoms with van der Waals surface area (Å²) < 4.78 is 22.7. The number of hydrogen-bond donors (Lipinski definition) is 1. The van der Waals surface area contributed by atoms with Crippen LogP contribution in [0.1, 0.15) is 28.2 Å². The minimum Gasteiger partial charge on any atom is -0.497 e. The molecule has 3 aromatic heterocycles. The summed E-state index contributed by atoms with van der Waals surface area (Å²) in [5, 5.41) is 10.8. The molecule has 10 nitrogen and oxygen atoms in total. The fourth-order valence-electron chi connectivity index (χ4n) is 4.48. The summed E-state index contributed by atoms with van der Waals surface area (Å²) in [7, 11) is 1.54. The number of carbonyl (C=O) groups excluding carboxylic acids is 1. The van der Waals surface area contributed by atoms with Gasteiger partial charge in [-0.1, -0.05) is 0 Å². The molecule has 1 fully saturated rings. The number of Topliss-reactive ketones (excluding diaryl/α,β-unsaturated/α-hetero) is 1. The molecular formula is C30H32N4O6. The molecular weight excluding hydrogens is 512 g/mol. The molecule has 1 N–H and O–H groups in total. The van der Waals surface area contributed by atoms with Gasteiger partial charge in [0.1, 0.15) is 28.7 Å². The second kappa shape index (κ2) is 13.3. The van der Waals surface area contributed by atoms with Crippen LogP contribution < -0.4 is 14.2 Å². The number of nitrogens with zero attached hydrogens (tertiary/aromatic N) is 4. The SMILES string of the molecule is COc1ccnc(C(=O)Cc2ccc(Oc3ccnc4cc(OCCCN5CCOCC5)c(CO)cc34)cn2)c1. The predicted molar refractivity (Wildman–Crippen MR) is 148 cm³/mol. The number of aliphatic hydroxyl groups excluding tert-OH is 1. The molecule has 0 amide bonds. The van der Waals surface area contributed by atoms with E-state index in [4.69, 9.17) is 18.9 Å². The van der Waals surface area contributed by atoms with Gasteiger partial charge in [-0.05, 0) is 36.8 Å². The van der Waals surface area contributed by atoms with E-state index in [1.165, 1.54) is 0 Å². The molecule has 0 spiro atoms. The number of methoxy groups -OCH3 is 1. The smallest absolute Gasteiger partial charge is 0.187 e. The lowest BCUT2D eigenvalue weighted by molar-refractivity contribution is 0.0357. The maximum atomic E-state index is 12.6. The molecule has 0 aliphatic carbocycles. The van der Waals surface area contributed by atoms with Crippen molar-refractivity contribution in [3.05, 3.63) is 78.0 Å². The number of morpholine rings is 1. The van der Waals surface area contributed by atoms with E-state index < -0.39 is 0 Å². The molecule has 1 aromatic carbocycles. The molecule has 5 rings (SSSR count). The number of fused-ring (bicyclic) bond motifs is 1. The minimum absolute atomic E-state index is 0.105. The van der Waals surface area contributed by atoms with Crippen LogP contribution in [0.3, 0.4) is 0 Å². The van der Waals surface area contributed by atoms with E-state index in [1.807, 2.05) is 12.1 Å². The van der Waals surface area contributed by atoms with E-state index in [-0.39, 0.29) is 18.8 Å². The highest BCUT2D eigenvalue weighted by Gasteiger charge is 2.14. The molecule has 10 heteroatoms. The maximum absolute atomic E-state index is 12.6. The zero-order valence-electron chi connectivity index (χ0n) is 22.4. The Balaban J connectivity index is 1.23. The van der Waals surface area contributed by atoms with Gasteiger partial charge in [0, 0.05) is 60.8 Å². The number of ether oxygens (including phenoxy) is 4. The van der Waals surface area contributed by atoms with E-state index in [1.54, 1.807) is 56.0 Å². The van der Waals surface area contributed by atoms with Crippen molar-refractivity contribution in [1.82, 2.24) is 19.9 Å². The van der Waals surface area contributed by atoms with E-state index >= 15 is 0 Å². The van der Waals surface area contributed by atoms with E-state index in [0.717, 1.165) is 44.7 Å². The molecule has 0 atom stereocenters. The van der Waals surface area contributed by atoms with Gasteiger partial charge in [0.2, 0.25) is 0 Å². The number of benzene rings is 1. The van der Waals surface area contributed by atoms with Crippen LogP contribution in [0.25, 0.3) is 10.9 Å². The monoisotopic (exact) mass is 544 g/mol. The van der Waals surface area contributed by atoms with Gasteiger partial charge in [0.15, 0.2) is 5.78 Å². The number of rotatable bonds is 12. The van der Waals surface area contributed by atoms with Crippen molar-refractivity contribution in [1.29, 1.82) is 0 Å². The van der Waals surface area contributed by atoms with E-state index in [9.17, 15) is 9.90 Å². The predicted octanol–water partition coefficient (Wildman–Crippen LogP) is 3.84. The first-order valence-corrected chi connectivity index (χ1v) is 13.2. The Hall–Kier alpha value is -4.12. The minimum atomic E-state index is -0.171. The Morgan fingerprint density at radius 1 is 1.00 bits per heavy atom.